The van der Waals surface area contributed by atoms with E-state index < -0.39 is 17.5 Å². The van der Waals surface area contributed by atoms with E-state index >= 15 is 0 Å². The highest BCUT2D eigenvalue weighted by atomic mass is 32.2. The molecular weight excluding hydrogens is 697 g/mol. The van der Waals surface area contributed by atoms with E-state index in [4.69, 9.17) is 4.74 Å². The Morgan fingerprint density at radius 1 is 1.06 bits per heavy atom. The molecule has 1 saturated heterocycles. The van der Waals surface area contributed by atoms with Gasteiger partial charge in [0, 0.05) is 37.2 Å². The molecule has 1 unspecified atom stereocenters. The van der Waals surface area contributed by atoms with Crippen LogP contribution in [0.4, 0.5) is 0 Å². The van der Waals surface area contributed by atoms with Gasteiger partial charge >= 0.3 is 0 Å². The van der Waals surface area contributed by atoms with Crippen LogP contribution in [0.1, 0.15) is 108 Å². The van der Waals surface area contributed by atoms with Gasteiger partial charge in [0.25, 0.3) is 0 Å². The number of allylic oxidation sites excluding steroid dienone is 1. The highest BCUT2D eigenvalue weighted by molar-refractivity contribution is 8.10. The van der Waals surface area contributed by atoms with Gasteiger partial charge in [-0.1, -0.05) is 86.3 Å². The van der Waals surface area contributed by atoms with Gasteiger partial charge < -0.3 is 20.3 Å². The lowest BCUT2D eigenvalue weighted by molar-refractivity contribution is -0.143. The minimum Gasteiger partial charge on any atom is -0.494 e. The summed E-state index contributed by atoms with van der Waals surface area (Å²) < 4.78 is 7.72. The van der Waals surface area contributed by atoms with Crippen molar-refractivity contribution in [2.75, 3.05) is 13.2 Å². The van der Waals surface area contributed by atoms with Crippen molar-refractivity contribution in [2.45, 2.75) is 125 Å². The number of thioether (sulfide) groups is 1. The first-order valence-corrected chi connectivity index (χ1v) is 20.2. The van der Waals surface area contributed by atoms with Crippen molar-refractivity contribution >= 4 is 34.4 Å². The number of benzene rings is 2. The quantitative estimate of drug-likeness (QED) is 0.112. The fourth-order valence-electron chi connectivity index (χ4n) is 6.59. The largest absolute Gasteiger partial charge is 0.494 e. The number of carbonyl (C=O) groups is 3. The third-order valence-corrected chi connectivity index (χ3v) is 10.6. The number of aromatic nitrogens is 3. The fourth-order valence-corrected chi connectivity index (χ4v) is 7.27. The molecule has 2 N–H and O–H groups in total. The second-order valence-corrected chi connectivity index (χ2v) is 16.5. The van der Waals surface area contributed by atoms with Crippen LogP contribution in [-0.2, 0) is 33.9 Å². The van der Waals surface area contributed by atoms with E-state index in [0.717, 1.165) is 67.6 Å². The first-order valence-electron chi connectivity index (χ1n) is 19.4. The van der Waals surface area contributed by atoms with Crippen LogP contribution < -0.4 is 15.4 Å². The lowest BCUT2D eigenvalue weighted by Crippen LogP contribution is -2.57. The van der Waals surface area contributed by atoms with Crippen molar-refractivity contribution in [3.05, 3.63) is 94.7 Å². The predicted octanol–water partition coefficient (Wildman–Crippen LogP) is 8.01. The summed E-state index contributed by atoms with van der Waals surface area (Å²) in [6.45, 7) is 18.3. The summed E-state index contributed by atoms with van der Waals surface area (Å²) in [4.78, 5) is 43.3. The zero-order valence-electron chi connectivity index (χ0n) is 33.2. The Hall–Kier alpha value is -4.38. The summed E-state index contributed by atoms with van der Waals surface area (Å²) in [5.74, 6) is 0.378. The number of unbranched alkanes of at least 4 members (excludes halogenated alkanes) is 3. The Kier molecular flexibility index (Phi) is 16.4. The molecule has 1 aromatic heterocycles. The van der Waals surface area contributed by atoms with Gasteiger partial charge in [0.05, 0.1) is 12.3 Å². The molecule has 0 bridgehead atoms. The van der Waals surface area contributed by atoms with Crippen LogP contribution in [0.3, 0.4) is 0 Å². The van der Waals surface area contributed by atoms with Gasteiger partial charge in [0.15, 0.2) is 0 Å². The molecular formula is C43H60N6O4S. The van der Waals surface area contributed by atoms with E-state index in [9.17, 15) is 14.4 Å². The SMILES string of the molecule is C=CSC(=C(C)C)c1ccc(CNC(=O)[C@@H]2CCCN2C(=O)C(NC(=O)CCCCc2cn(CCCCCOc3cccc(C)c3)nn2)C(C)(C)C)cc1. The first-order chi connectivity index (χ1) is 25.8. The molecule has 1 aliphatic heterocycles. The first kappa shape index (κ1) is 42.4. The Balaban J connectivity index is 1.18. The second-order valence-electron chi connectivity index (χ2n) is 15.5. The van der Waals surface area contributed by atoms with Crippen LogP contribution in [0.25, 0.3) is 4.91 Å². The monoisotopic (exact) mass is 756 g/mol. The number of rotatable bonds is 20. The maximum atomic E-state index is 13.9. The van der Waals surface area contributed by atoms with Gasteiger partial charge in [-0.25, -0.2) is 0 Å². The molecule has 3 amide bonds. The molecule has 2 aromatic carbocycles. The molecule has 1 aliphatic rings. The van der Waals surface area contributed by atoms with Crippen molar-refractivity contribution in [1.82, 2.24) is 30.5 Å². The second kappa shape index (κ2) is 20.9. The summed E-state index contributed by atoms with van der Waals surface area (Å²) in [5.41, 5.74) is 4.89. The lowest BCUT2D eigenvalue weighted by Gasteiger charge is -2.35. The molecule has 1 fully saturated rings. The van der Waals surface area contributed by atoms with Crippen LogP contribution in [0.5, 0.6) is 5.75 Å². The average molecular weight is 757 g/mol. The number of nitrogens with one attached hydrogen (secondary N) is 2. The highest BCUT2D eigenvalue weighted by Crippen LogP contribution is 2.31. The maximum Gasteiger partial charge on any atom is 0.246 e. The third-order valence-electron chi connectivity index (χ3n) is 9.56. The molecule has 11 heteroatoms. The molecule has 0 aliphatic carbocycles. The molecule has 2 atom stereocenters. The van der Waals surface area contributed by atoms with E-state index in [1.807, 2.05) is 61.3 Å². The van der Waals surface area contributed by atoms with E-state index in [0.29, 0.717) is 39.0 Å². The normalized spacial score (nSPS) is 14.7. The highest BCUT2D eigenvalue weighted by Gasteiger charge is 2.41. The smallest absolute Gasteiger partial charge is 0.246 e. The van der Waals surface area contributed by atoms with Crippen LogP contribution in [0.2, 0.25) is 0 Å². The standard InChI is InChI=1S/C43H60N6O4S/c1-8-54-39(31(2)3)34-23-21-33(22-24-34)29-44-41(51)37-19-15-26-49(37)42(52)40(43(5,6)7)45-38(50)20-11-10-17-35-30-48(47-46-35)25-12-9-13-27-53-36-18-14-16-32(4)28-36/h8,14,16,18,21-24,28,30,37,40H,1,9-13,15,17,19-20,25-27,29H2,2-7H3,(H,44,51)(H,45,50)/t37-,40?/m0/s1. The zero-order valence-corrected chi connectivity index (χ0v) is 34.0. The van der Waals surface area contributed by atoms with Crippen molar-refractivity contribution in [2.24, 2.45) is 5.41 Å². The minimum absolute atomic E-state index is 0.162. The van der Waals surface area contributed by atoms with E-state index in [-0.39, 0.29) is 17.7 Å². The fraction of sp³-hybridized carbons (Fsp3) is 0.512. The summed E-state index contributed by atoms with van der Waals surface area (Å²) in [6.07, 6.45) is 8.85. The van der Waals surface area contributed by atoms with Crippen molar-refractivity contribution in [1.29, 1.82) is 0 Å². The van der Waals surface area contributed by atoms with Gasteiger partial charge in [-0.2, -0.15) is 0 Å². The minimum atomic E-state index is -0.738. The number of nitrogens with zero attached hydrogens (tertiary/aromatic N) is 4. The number of hydrogen-bond acceptors (Lipinski definition) is 7. The Bertz CT molecular complexity index is 1720. The van der Waals surface area contributed by atoms with Gasteiger partial charge in [0.2, 0.25) is 17.7 Å². The molecule has 2 heterocycles. The van der Waals surface area contributed by atoms with Crippen LogP contribution in [-0.4, -0.2) is 62.9 Å². The average Bonchev–Trinajstić information content (AvgIpc) is 3.82. The maximum absolute atomic E-state index is 13.9. The Labute approximate surface area is 326 Å². The summed E-state index contributed by atoms with van der Waals surface area (Å²) in [6, 6.07) is 15.0. The van der Waals surface area contributed by atoms with E-state index in [1.54, 1.807) is 16.7 Å². The van der Waals surface area contributed by atoms with Gasteiger partial charge in [-0.15, -0.1) is 5.10 Å². The van der Waals surface area contributed by atoms with Crippen molar-refractivity contribution in [3.8, 4) is 5.75 Å². The van der Waals surface area contributed by atoms with Crippen LogP contribution >= 0.6 is 11.8 Å². The summed E-state index contributed by atoms with van der Waals surface area (Å²) in [7, 11) is 0. The predicted molar refractivity (Wildman–Crippen MR) is 219 cm³/mol. The third kappa shape index (κ3) is 13.2. The van der Waals surface area contributed by atoms with Crippen molar-refractivity contribution in [3.63, 3.8) is 0 Å². The van der Waals surface area contributed by atoms with E-state index in [2.05, 4.69) is 72.6 Å². The Morgan fingerprint density at radius 2 is 1.83 bits per heavy atom. The lowest BCUT2D eigenvalue weighted by atomic mass is 9.85. The summed E-state index contributed by atoms with van der Waals surface area (Å²) in [5, 5.41) is 16.5. The number of amides is 3. The van der Waals surface area contributed by atoms with Crippen LogP contribution in [0.15, 0.2) is 72.3 Å². The van der Waals surface area contributed by atoms with Gasteiger partial charge in [0.1, 0.15) is 17.8 Å². The molecule has 54 heavy (non-hydrogen) atoms. The number of carbonyl (C=O) groups excluding carboxylic acids is 3. The van der Waals surface area contributed by atoms with Gasteiger partial charge in [-0.05, 0) is 112 Å². The number of aryl methyl sites for hydroxylation is 3. The van der Waals surface area contributed by atoms with Crippen LogP contribution in [0, 0.1) is 12.3 Å². The summed E-state index contributed by atoms with van der Waals surface area (Å²) >= 11 is 1.60. The molecule has 0 spiro atoms. The van der Waals surface area contributed by atoms with Crippen molar-refractivity contribution < 1.29 is 19.1 Å². The topological polar surface area (TPSA) is 118 Å². The molecule has 10 nitrogen and oxygen atoms in total. The molecule has 0 radical (unpaired) electrons. The van der Waals surface area contributed by atoms with Gasteiger partial charge in [-0.3, -0.25) is 19.1 Å². The molecule has 0 saturated carbocycles. The molecule has 3 aromatic rings. The zero-order chi connectivity index (χ0) is 39.1. The number of hydrogen-bond donors (Lipinski definition) is 2. The number of ether oxygens (including phenoxy) is 1. The number of likely N-dealkylation sites (tertiary alicyclic amines) is 1. The molecule has 292 valence electrons. The van der Waals surface area contributed by atoms with E-state index in [1.165, 1.54) is 16.0 Å². The molecule has 4 rings (SSSR count). The Morgan fingerprint density at radius 3 is 2.54 bits per heavy atom.